The minimum absolute atomic E-state index is 0.0398. The van der Waals surface area contributed by atoms with Crippen LogP contribution in [0.5, 0.6) is 0 Å². The fraction of sp³-hybridized carbons (Fsp3) is 0.197. The topological polar surface area (TPSA) is 308 Å². The standard InChI is InChI=1S/C24H22F2N6O.C18H17BrN6.C10H11FN2.C9H9Br2N3O.C5H5BFNO2/c1-14(13-33)21-11-30-24-23(31-20(12-32(21)24)16-7-17(25)10-27-8-16)28-6-5-15-9-29-19-4-2-3-18(26)22(15)19;1-11(2)15-9-21-18-17(22-16(19)10-25(15)18)20-8-7-14-12-5-3-4-6-13(12)23-24-14;11-8-2-1-3-9-10(8)7(4-5-12)6-13-9;1-5(4-15)6-2-12-9-8(11)13-7(10)3-14(6)9;7-5-1-4(6(9)10)2-8-3-5/h2-4,7-12,14,29,33H,5-6,13H2,1H3,(H,28,31);3-6,9-10H,1,7-8H2,2H3,(H,20,22)(H,23,24);1-3,6,13H,4-5,12H2;2-3,5,15H,4H2,1H3;1-3,9-10H. The number of allylic oxidation sites excluding steroid dienone is 1. The van der Waals surface area contributed by atoms with Crippen LogP contribution in [-0.2, 0) is 19.3 Å². The minimum Gasteiger partial charge on any atom is -0.423 e. The lowest BCUT2D eigenvalue weighted by Crippen LogP contribution is -2.30. The number of imidazole rings is 3. The molecule has 0 radical (unpaired) electrons. The Kier molecular flexibility index (Phi) is 23.2. The number of para-hydroxylation sites is 1. The van der Waals surface area contributed by atoms with Gasteiger partial charge in [-0.05, 0) is 133 Å². The van der Waals surface area contributed by atoms with E-state index < -0.39 is 18.8 Å². The van der Waals surface area contributed by atoms with Gasteiger partial charge >= 0.3 is 7.12 Å². The van der Waals surface area contributed by atoms with Crippen molar-refractivity contribution < 1.29 is 37.8 Å². The number of nitrogens with zero attached hydrogens (tertiary/aromatic N) is 12. The average molecular weight is 1500 g/mol. The zero-order chi connectivity index (χ0) is 68.2. The minimum atomic E-state index is -1.65. The number of nitrogens with two attached hydrogens (primary N) is 1. The van der Waals surface area contributed by atoms with Crippen molar-refractivity contribution in [3.05, 3.63) is 225 Å². The monoisotopic (exact) mass is 1500 g/mol. The summed E-state index contributed by atoms with van der Waals surface area (Å²) in [7, 11) is -1.65. The SMILES string of the molecule is C=C(C)c1cnc2c(NCCc3[nH]nc4ccccc34)nc(Br)cn12.CC(CO)c1cnc2c(Br)nc(Br)cn12.CC(CO)c1cnc2c(NCCc3c[nH]c4cccc(F)c34)nc(-c3cncc(F)c3)cn12.NCCc1c[nH]c2cccc(F)c12.OB(O)c1cncc(F)c1. The highest BCUT2D eigenvalue weighted by atomic mass is 79.9. The van der Waals surface area contributed by atoms with E-state index in [9.17, 15) is 22.7 Å². The molecule has 14 aromatic rings. The van der Waals surface area contributed by atoms with E-state index in [0.29, 0.717) is 64.0 Å². The van der Waals surface area contributed by atoms with Gasteiger partial charge in [0.2, 0.25) is 0 Å². The normalized spacial score (nSPS) is 11.8. The van der Waals surface area contributed by atoms with Crippen molar-refractivity contribution in [3.8, 4) is 11.3 Å². The van der Waals surface area contributed by atoms with Crippen LogP contribution in [0.15, 0.2) is 168 Å². The van der Waals surface area contributed by atoms with E-state index in [2.05, 4.69) is 131 Å². The number of fused-ring (bicyclic) bond motifs is 6. The Balaban J connectivity index is 0.000000140. The zero-order valence-electron chi connectivity index (χ0n) is 51.8. The molecule has 96 heavy (non-hydrogen) atoms. The molecule has 0 saturated heterocycles. The van der Waals surface area contributed by atoms with E-state index in [0.717, 1.165) is 119 Å². The Labute approximate surface area is 571 Å². The molecule has 0 aliphatic heterocycles. The van der Waals surface area contributed by atoms with Crippen LogP contribution < -0.4 is 21.8 Å². The number of aliphatic hydroxyl groups excluding tert-OH is 2. The number of H-pyrrole nitrogens is 3. The maximum atomic E-state index is 14.3. The third-order valence-corrected chi connectivity index (χ3v) is 16.5. The van der Waals surface area contributed by atoms with E-state index in [1.54, 1.807) is 36.9 Å². The van der Waals surface area contributed by atoms with Gasteiger partial charge in [-0.3, -0.25) is 28.3 Å². The third kappa shape index (κ3) is 16.3. The predicted molar refractivity (Wildman–Crippen MR) is 375 cm³/mol. The van der Waals surface area contributed by atoms with E-state index in [1.165, 1.54) is 24.4 Å². The van der Waals surface area contributed by atoms with Crippen LogP contribution in [0, 0.1) is 23.3 Å². The van der Waals surface area contributed by atoms with Crippen molar-refractivity contribution >= 4 is 127 Å². The molecule has 0 bridgehead atoms. The highest BCUT2D eigenvalue weighted by Gasteiger charge is 2.19. The van der Waals surface area contributed by atoms with Crippen LogP contribution in [-0.4, -0.2) is 133 Å². The summed E-state index contributed by atoms with van der Waals surface area (Å²) >= 11 is 10.1. The Bertz CT molecular complexity index is 5000. The molecule has 494 valence electrons. The number of pyridine rings is 2. The van der Waals surface area contributed by atoms with Crippen molar-refractivity contribution in [1.29, 1.82) is 0 Å². The van der Waals surface area contributed by atoms with Crippen molar-refractivity contribution in [2.45, 2.75) is 51.9 Å². The summed E-state index contributed by atoms with van der Waals surface area (Å²) in [6.45, 7) is 11.6. The second-order valence-corrected chi connectivity index (χ2v) is 24.4. The second-order valence-electron chi connectivity index (χ2n) is 22.0. The maximum absolute atomic E-state index is 14.3. The van der Waals surface area contributed by atoms with Gasteiger partial charge in [-0.15, -0.1) is 0 Å². The van der Waals surface area contributed by atoms with Crippen LogP contribution in [0.2, 0.25) is 0 Å². The number of nitrogens with one attached hydrogen (secondary N) is 5. The third-order valence-electron chi connectivity index (χ3n) is 15.2. The Morgan fingerprint density at radius 3 is 1.82 bits per heavy atom. The summed E-state index contributed by atoms with van der Waals surface area (Å²) in [6.07, 6.45) is 21.4. The van der Waals surface area contributed by atoms with Gasteiger partial charge in [0.1, 0.15) is 32.5 Å². The Morgan fingerprint density at radius 2 is 1.21 bits per heavy atom. The molecule has 0 amide bonds. The van der Waals surface area contributed by atoms with Gasteiger partial charge in [-0.2, -0.15) is 5.10 Å². The van der Waals surface area contributed by atoms with Crippen molar-refractivity contribution in [2.75, 3.05) is 43.5 Å². The zero-order valence-corrected chi connectivity index (χ0v) is 56.6. The van der Waals surface area contributed by atoms with Gasteiger partial charge in [0, 0.05) is 142 Å². The lowest BCUT2D eigenvalue weighted by Gasteiger charge is -2.13. The first-order valence-electron chi connectivity index (χ1n) is 30.0. The summed E-state index contributed by atoms with van der Waals surface area (Å²) in [5.74, 6) is -0.323. The number of hydrogen-bond donors (Lipinski definition) is 10. The summed E-state index contributed by atoms with van der Waals surface area (Å²) in [5, 5.41) is 52.3. The van der Waals surface area contributed by atoms with Gasteiger partial charge in [0.05, 0.1) is 48.7 Å². The largest absolute Gasteiger partial charge is 0.490 e. The van der Waals surface area contributed by atoms with Gasteiger partial charge < -0.3 is 46.6 Å². The van der Waals surface area contributed by atoms with E-state index in [-0.39, 0.29) is 42.1 Å². The van der Waals surface area contributed by atoms with E-state index in [1.807, 2.05) is 95.3 Å². The van der Waals surface area contributed by atoms with Crippen molar-refractivity contribution in [2.24, 2.45) is 5.73 Å². The second kappa shape index (κ2) is 32.0. The Morgan fingerprint density at radius 1 is 0.646 bits per heavy atom. The molecule has 0 fully saturated rings. The number of rotatable bonds is 17. The number of aromatic amines is 3. The lowest BCUT2D eigenvalue weighted by atomic mass is 9.82. The average Bonchev–Trinajstić information content (AvgIpc) is 1.94. The summed E-state index contributed by atoms with van der Waals surface area (Å²) in [5.41, 5.74) is 17.9. The van der Waals surface area contributed by atoms with Gasteiger partial charge in [-0.25, -0.2) is 47.5 Å². The number of aromatic nitrogens is 15. The molecule has 11 aromatic heterocycles. The first-order valence-corrected chi connectivity index (χ1v) is 32.4. The molecule has 0 aliphatic rings. The number of aliphatic hydroxyl groups is 2. The Hall–Kier alpha value is -9.27. The quantitative estimate of drug-likeness (QED) is 0.0299. The highest BCUT2D eigenvalue weighted by Crippen LogP contribution is 2.29. The molecule has 11 N–H and O–H groups in total. The molecule has 0 saturated carbocycles. The van der Waals surface area contributed by atoms with Crippen molar-refractivity contribution in [1.82, 2.24) is 73.2 Å². The van der Waals surface area contributed by atoms with Crippen LogP contribution in [0.25, 0.3) is 66.5 Å². The summed E-state index contributed by atoms with van der Waals surface area (Å²) < 4.78 is 61.6. The molecule has 0 aliphatic carbocycles. The molecule has 11 heterocycles. The van der Waals surface area contributed by atoms with Crippen LogP contribution in [0.4, 0.5) is 29.2 Å². The molecule has 2 unspecified atom stereocenters. The van der Waals surface area contributed by atoms with Gasteiger partial charge in [-0.1, -0.05) is 50.8 Å². The van der Waals surface area contributed by atoms with Crippen LogP contribution in [0.3, 0.4) is 0 Å². The molecule has 30 heteroatoms. The molecule has 2 atom stereocenters. The molecule has 22 nitrogen and oxygen atoms in total. The number of halogens is 7. The van der Waals surface area contributed by atoms with Crippen molar-refractivity contribution in [3.63, 3.8) is 0 Å². The van der Waals surface area contributed by atoms with Gasteiger partial charge in [0.25, 0.3) is 0 Å². The molecular formula is C66H64BBr3F4N18O4. The summed E-state index contributed by atoms with van der Waals surface area (Å²) in [4.78, 5) is 40.1. The molecule has 0 spiro atoms. The highest BCUT2D eigenvalue weighted by molar-refractivity contribution is 9.11. The summed E-state index contributed by atoms with van der Waals surface area (Å²) in [6, 6.07) is 20.5. The first-order chi connectivity index (χ1) is 46.3. The fourth-order valence-corrected chi connectivity index (χ4v) is 11.9. The number of anilines is 2. The van der Waals surface area contributed by atoms with Crippen LogP contribution in [0.1, 0.15) is 66.5 Å². The van der Waals surface area contributed by atoms with Gasteiger partial charge in [0.15, 0.2) is 33.2 Å². The fourth-order valence-electron chi connectivity index (χ4n) is 10.4. The predicted octanol–water partition coefficient (Wildman–Crippen LogP) is 11.4. The molecule has 14 rings (SSSR count). The van der Waals surface area contributed by atoms with Crippen LogP contribution >= 0.6 is 47.8 Å². The lowest BCUT2D eigenvalue weighted by molar-refractivity contribution is 0.270. The number of benzene rings is 3. The maximum Gasteiger partial charge on any atom is 0.490 e. The molecular weight excluding hydrogens is 1440 g/mol. The molecule has 3 aromatic carbocycles. The number of hydrogen-bond acceptors (Lipinski definition) is 16. The van der Waals surface area contributed by atoms with E-state index >= 15 is 0 Å². The smallest absolute Gasteiger partial charge is 0.423 e. The van der Waals surface area contributed by atoms with E-state index in [4.69, 9.17) is 20.9 Å². The first kappa shape index (κ1) is 69.6.